The van der Waals surface area contributed by atoms with Crippen molar-refractivity contribution >= 4 is 0 Å². The minimum Gasteiger partial charge on any atom is -0.381 e. The monoisotopic (exact) mass is 356 g/mol. The Morgan fingerprint density at radius 2 is 1.28 bits per heavy atom. The second kappa shape index (κ2) is 22.0. The van der Waals surface area contributed by atoms with Crippen molar-refractivity contribution in [3.8, 4) is 0 Å². The molecule has 1 aliphatic heterocycles. The van der Waals surface area contributed by atoms with Gasteiger partial charge in [0.25, 0.3) is 0 Å². The number of rotatable bonds is 16. The van der Waals surface area contributed by atoms with Gasteiger partial charge in [0.15, 0.2) is 0 Å². The predicted octanol–water partition coefficient (Wildman–Crippen LogP) is 7.69. The Hall–Kier alpha value is -0.0800. The van der Waals surface area contributed by atoms with Crippen LogP contribution in [0.2, 0.25) is 0 Å². The molecule has 0 saturated carbocycles. The Bertz CT molecular complexity index is 224. The largest absolute Gasteiger partial charge is 0.381 e. The molecule has 0 N–H and O–H groups in total. The molecular weight excluding hydrogens is 308 g/mol. The molecule has 2 nitrogen and oxygen atoms in total. The SMILES string of the molecule is CC.CCCCCCCCCCCCCCOCCC1CCCCO1. The summed E-state index contributed by atoms with van der Waals surface area (Å²) in [6, 6.07) is 0. The third kappa shape index (κ3) is 18.5. The highest BCUT2D eigenvalue weighted by atomic mass is 16.5. The van der Waals surface area contributed by atoms with Gasteiger partial charge in [-0.05, 0) is 32.1 Å². The van der Waals surface area contributed by atoms with E-state index in [0.717, 1.165) is 26.2 Å². The smallest absolute Gasteiger partial charge is 0.0597 e. The highest BCUT2D eigenvalue weighted by molar-refractivity contribution is 4.62. The molecule has 0 bridgehead atoms. The van der Waals surface area contributed by atoms with Crippen molar-refractivity contribution in [2.45, 2.75) is 130 Å². The molecule has 1 fully saturated rings. The van der Waals surface area contributed by atoms with Gasteiger partial charge < -0.3 is 9.47 Å². The third-order valence-corrected chi connectivity index (χ3v) is 5.00. The van der Waals surface area contributed by atoms with Crippen LogP contribution in [0.25, 0.3) is 0 Å². The summed E-state index contributed by atoms with van der Waals surface area (Å²) >= 11 is 0. The average molecular weight is 357 g/mol. The van der Waals surface area contributed by atoms with Crippen molar-refractivity contribution in [3.63, 3.8) is 0 Å². The maximum Gasteiger partial charge on any atom is 0.0597 e. The fourth-order valence-electron chi connectivity index (χ4n) is 3.40. The van der Waals surface area contributed by atoms with Crippen LogP contribution in [0.3, 0.4) is 0 Å². The quantitative estimate of drug-likeness (QED) is 0.264. The van der Waals surface area contributed by atoms with Crippen LogP contribution in [0, 0.1) is 0 Å². The first-order valence-electron chi connectivity index (χ1n) is 11.6. The first kappa shape index (κ1) is 24.9. The average Bonchev–Trinajstić information content (AvgIpc) is 2.67. The number of hydrogen-bond acceptors (Lipinski definition) is 2. The number of ether oxygens (including phenoxy) is 2. The zero-order chi connectivity index (χ0) is 18.4. The van der Waals surface area contributed by atoms with Gasteiger partial charge in [0, 0.05) is 19.8 Å². The molecule has 1 saturated heterocycles. The van der Waals surface area contributed by atoms with Gasteiger partial charge in [-0.1, -0.05) is 91.4 Å². The van der Waals surface area contributed by atoms with E-state index >= 15 is 0 Å². The Labute approximate surface area is 159 Å². The molecule has 0 aromatic carbocycles. The standard InChI is InChI=1S/C21H42O2.C2H6/c1-2-3-4-5-6-7-8-9-10-11-12-14-18-22-20-17-21-16-13-15-19-23-21;1-2/h21H,2-20H2,1H3;1-2H3. The lowest BCUT2D eigenvalue weighted by Crippen LogP contribution is -2.20. The van der Waals surface area contributed by atoms with Crippen LogP contribution in [0.1, 0.15) is 124 Å². The summed E-state index contributed by atoms with van der Waals surface area (Å²) in [5, 5.41) is 0. The van der Waals surface area contributed by atoms with Gasteiger partial charge >= 0.3 is 0 Å². The van der Waals surface area contributed by atoms with Crippen molar-refractivity contribution in [3.05, 3.63) is 0 Å². The fourth-order valence-corrected chi connectivity index (χ4v) is 3.40. The van der Waals surface area contributed by atoms with Gasteiger partial charge in [-0.15, -0.1) is 0 Å². The molecule has 1 aliphatic rings. The van der Waals surface area contributed by atoms with Gasteiger partial charge in [-0.2, -0.15) is 0 Å². The second-order valence-corrected chi connectivity index (χ2v) is 7.28. The molecule has 1 heterocycles. The highest BCUT2D eigenvalue weighted by Crippen LogP contribution is 2.15. The first-order chi connectivity index (χ1) is 12.4. The Morgan fingerprint density at radius 3 is 1.80 bits per heavy atom. The van der Waals surface area contributed by atoms with Crippen molar-refractivity contribution in [1.29, 1.82) is 0 Å². The summed E-state index contributed by atoms with van der Waals surface area (Å²) in [5.74, 6) is 0. The van der Waals surface area contributed by atoms with E-state index in [4.69, 9.17) is 9.47 Å². The van der Waals surface area contributed by atoms with E-state index < -0.39 is 0 Å². The summed E-state index contributed by atoms with van der Waals surface area (Å²) in [7, 11) is 0. The van der Waals surface area contributed by atoms with E-state index in [1.807, 2.05) is 13.8 Å². The molecule has 0 aromatic rings. The molecule has 0 radical (unpaired) electrons. The third-order valence-electron chi connectivity index (χ3n) is 5.00. The lowest BCUT2D eigenvalue weighted by Gasteiger charge is -2.22. The molecule has 0 spiro atoms. The zero-order valence-corrected chi connectivity index (χ0v) is 17.8. The van der Waals surface area contributed by atoms with Crippen molar-refractivity contribution in [2.75, 3.05) is 19.8 Å². The highest BCUT2D eigenvalue weighted by Gasteiger charge is 2.12. The van der Waals surface area contributed by atoms with Gasteiger partial charge in [0.05, 0.1) is 6.10 Å². The maximum absolute atomic E-state index is 5.75. The van der Waals surface area contributed by atoms with Crippen LogP contribution in [-0.4, -0.2) is 25.9 Å². The summed E-state index contributed by atoms with van der Waals surface area (Å²) < 4.78 is 11.5. The van der Waals surface area contributed by atoms with Crippen molar-refractivity contribution in [2.24, 2.45) is 0 Å². The summed E-state index contributed by atoms with van der Waals surface area (Å²) in [6.45, 7) is 9.09. The maximum atomic E-state index is 5.75. The fraction of sp³-hybridized carbons (Fsp3) is 1.00. The van der Waals surface area contributed by atoms with Crippen molar-refractivity contribution in [1.82, 2.24) is 0 Å². The van der Waals surface area contributed by atoms with E-state index in [2.05, 4.69) is 6.92 Å². The van der Waals surface area contributed by atoms with Crippen molar-refractivity contribution < 1.29 is 9.47 Å². The molecule has 2 heteroatoms. The van der Waals surface area contributed by atoms with E-state index in [1.165, 1.54) is 96.3 Å². The first-order valence-corrected chi connectivity index (χ1v) is 11.6. The molecule has 1 rings (SSSR count). The zero-order valence-electron chi connectivity index (χ0n) is 17.8. The molecule has 25 heavy (non-hydrogen) atoms. The lowest BCUT2D eigenvalue weighted by molar-refractivity contribution is -0.00783. The minimum atomic E-state index is 0.478. The van der Waals surface area contributed by atoms with Crippen LogP contribution >= 0.6 is 0 Å². The van der Waals surface area contributed by atoms with Crippen LogP contribution in [0.4, 0.5) is 0 Å². The summed E-state index contributed by atoms with van der Waals surface area (Å²) in [5.41, 5.74) is 0. The molecular formula is C23H48O2. The Kier molecular flexibility index (Phi) is 21.9. The molecule has 152 valence electrons. The number of unbranched alkanes of at least 4 members (excludes halogenated alkanes) is 11. The normalized spacial score (nSPS) is 17.2. The lowest BCUT2D eigenvalue weighted by atomic mass is 10.1. The van der Waals surface area contributed by atoms with Crippen LogP contribution < -0.4 is 0 Å². The molecule has 0 aromatic heterocycles. The topological polar surface area (TPSA) is 18.5 Å². The van der Waals surface area contributed by atoms with Gasteiger partial charge in [0.1, 0.15) is 0 Å². The molecule has 1 atom stereocenters. The molecule has 1 unspecified atom stereocenters. The summed E-state index contributed by atoms with van der Waals surface area (Å²) in [6.07, 6.45) is 22.3. The molecule has 0 amide bonds. The van der Waals surface area contributed by atoms with Crippen LogP contribution in [0.5, 0.6) is 0 Å². The van der Waals surface area contributed by atoms with Gasteiger partial charge in [-0.3, -0.25) is 0 Å². The van der Waals surface area contributed by atoms with E-state index in [1.54, 1.807) is 0 Å². The van der Waals surface area contributed by atoms with E-state index in [0.29, 0.717) is 6.10 Å². The van der Waals surface area contributed by atoms with Gasteiger partial charge in [-0.25, -0.2) is 0 Å². The second-order valence-electron chi connectivity index (χ2n) is 7.28. The Morgan fingerprint density at radius 1 is 0.720 bits per heavy atom. The van der Waals surface area contributed by atoms with E-state index in [-0.39, 0.29) is 0 Å². The molecule has 0 aliphatic carbocycles. The van der Waals surface area contributed by atoms with E-state index in [9.17, 15) is 0 Å². The van der Waals surface area contributed by atoms with Crippen LogP contribution in [0.15, 0.2) is 0 Å². The predicted molar refractivity (Wildman–Crippen MR) is 111 cm³/mol. The minimum absolute atomic E-state index is 0.478. The van der Waals surface area contributed by atoms with Gasteiger partial charge in [0.2, 0.25) is 0 Å². The van der Waals surface area contributed by atoms with Crippen LogP contribution in [-0.2, 0) is 9.47 Å². The summed E-state index contributed by atoms with van der Waals surface area (Å²) in [4.78, 5) is 0. The Balaban J connectivity index is 0.00000277. The number of hydrogen-bond donors (Lipinski definition) is 0.